The molecule has 0 aliphatic carbocycles. The molecule has 0 saturated heterocycles. The third kappa shape index (κ3) is 9.57. The van der Waals surface area contributed by atoms with Crippen LogP contribution in [0.2, 0.25) is 0 Å². The van der Waals surface area contributed by atoms with Gasteiger partial charge < -0.3 is 0 Å². The number of allylic oxidation sites excluding steroid dienone is 2. The van der Waals surface area contributed by atoms with Crippen molar-refractivity contribution >= 4 is 12.2 Å². The number of rotatable bonds is 14. The lowest BCUT2D eigenvalue weighted by Crippen LogP contribution is -1.90. The molecule has 2 heteroatoms. The van der Waals surface area contributed by atoms with Crippen molar-refractivity contribution in [2.24, 2.45) is 0 Å². The first kappa shape index (κ1) is 23.7. The quantitative estimate of drug-likeness (QED) is 0.307. The SMILES string of the molecule is CCCCCCCC=Cc1cc(C#N)c(C#N)cc1C=CCCCCCCC. The summed E-state index contributed by atoms with van der Waals surface area (Å²) in [6.45, 7) is 4.47. The number of hydrogen-bond acceptors (Lipinski definition) is 2. The highest BCUT2D eigenvalue weighted by atomic mass is 14.3. The Morgan fingerprint density at radius 3 is 1.39 bits per heavy atom. The Morgan fingerprint density at radius 2 is 1.04 bits per heavy atom. The fourth-order valence-electron chi connectivity index (χ4n) is 3.26. The molecule has 0 heterocycles. The smallest absolute Gasteiger partial charge is 0.101 e. The molecule has 150 valence electrons. The molecule has 0 saturated carbocycles. The molecule has 0 spiro atoms. The van der Waals surface area contributed by atoms with Gasteiger partial charge in [0.1, 0.15) is 12.1 Å². The Bertz CT molecular complexity index is 637. The van der Waals surface area contributed by atoms with E-state index in [1.165, 1.54) is 64.2 Å². The minimum atomic E-state index is 0.460. The number of nitriles is 2. The van der Waals surface area contributed by atoms with Gasteiger partial charge >= 0.3 is 0 Å². The standard InChI is InChI=1S/C26H36N2/c1-3-5-7-9-11-13-15-17-23-19-25(21-27)26(22-28)20-24(23)18-16-14-12-10-8-6-4-2/h15-20H,3-14H2,1-2H3. The Labute approximate surface area is 172 Å². The van der Waals surface area contributed by atoms with Crippen LogP contribution in [0.25, 0.3) is 12.2 Å². The lowest BCUT2D eigenvalue weighted by Gasteiger charge is -2.05. The van der Waals surface area contributed by atoms with Gasteiger partial charge in [0.25, 0.3) is 0 Å². The molecule has 0 aliphatic heterocycles. The molecule has 0 fully saturated rings. The highest BCUT2D eigenvalue weighted by Crippen LogP contribution is 2.21. The molecule has 0 radical (unpaired) electrons. The second-order valence-corrected chi connectivity index (χ2v) is 7.46. The molecule has 28 heavy (non-hydrogen) atoms. The van der Waals surface area contributed by atoms with Crippen molar-refractivity contribution < 1.29 is 0 Å². The molecule has 0 bridgehead atoms. The number of unbranched alkanes of at least 4 members (excludes halogenated alkanes) is 10. The first-order valence-electron chi connectivity index (χ1n) is 11.1. The molecule has 0 atom stereocenters. The minimum Gasteiger partial charge on any atom is -0.192 e. The van der Waals surface area contributed by atoms with Crippen molar-refractivity contribution in [1.82, 2.24) is 0 Å². The molecule has 0 amide bonds. The Balaban J connectivity index is 2.74. The maximum Gasteiger partial charge on any atom is 0.101 e. The largest absolute Gasteiger partial charge is 0.192 e. The predicted octanol–water partition coefficient (Wildman–Crippen LogP) is 8.18. The van der Waals surface area contributed by atoms with Crippen LogP contribution in [0.3, 0.4) is 0 Å². The average Bonchev–Trinajstić information content (AvgIpc) is 2.72. The first-order valence-corrected chi connectivity index (χ1v) is 11.1. The van der Waals surface area contributed by atoms with Crippen LogP contribution in [0.4, 0.5) is 0 Å². The topological polar surface area (TPSA) is 47.6 Å². The summed E-state index contributed by atoms with van der Waals surface area (Å²) < 4.78 is 0. The van der Waals surface area contributed by atoms with E-state index in [1.54, 1.807) is 0 Å². The van der Waals surface area contributed by atoms with Gasteiger partial charge in [0.05, 0.1) is 11.1 Å². The van der Waals surface area contributed by atoms with Crippen LogP contribution in [0.15, 0.2) is 24.3 Å². The summed E-state index contributed by atoms with van der Waals surface area (Å²) in [5.74, 6) is 0. The van der Waals surface area contributed by atoms with E-state index in [9.17, 15) is 10.5 Å². The summed E-state index contributed by atoms with van der Waals surface area (Å²) in [6, 6.07) is 8.02. The van der Waals surface area contributed by atoms with Gasteiger partial charge in [-0.15, -0.1) is 0 Å². The van der Waals surface area contributed by atoms with Gasteiger partial charge in [-0.25, -0.2) is 0 Å². The fourth-order valence-corrected chi connectivity index (χ4v) is 3.26. The summed E-state index contributed by atoms with van der Waals surface area (Å²) in [5.41, 5.74) is 2.99. The first-order chi connectivity index (χ1) is 13.8. The normalized spacial score (nSPS) is 11.1. The molecule has 1 aromatic rings. The van der Waals surface area contributed by atoms with E-state index >= 15 is 0 Å². The second kappa shape index (κ2) is 15.7. The van der Waals surface area contributed by atoms with Crippen LogP contribution in [0.5, 0.6) is 0 Å². The van der Waals surface area contributed by atoms with Crippen molar-refractivity contribution in [2.45, 2.75) is 90.9 Å². The number of benzene rings is 1. The molecule has 1 rings (SSSR count). The zero-order valence-electron chi connectivity index (χ0n) is 17.8. The van der Waals surface area contributed by atoms with E-state index in [4.69, 9.17) is 0 Å². The van der Waals surface area contributed by atoms with Gasteiger partial charge in [-0.05, 0) is 48.9 Å². The second-order valence-electron chi connectivity index (χ2n) is 7.46. The zero-order valence-corrected chi connectivity index (χ0v) is 17.8. The zero-order chi connectivity index (χ0) is 20.5. The van der Waals surface area contributed by atoms with E-state index < -0.39 is 0 Å². The van der Waals surface area contributed by atoms with Crippen molar-refractivity contribution in [1.29, 1.82) is 10.5 Å². The van der Waals surface area contributed by atoms with Gasteiger partial charge in [0.15, 0.2) is 0 Å². The van der Waals surface area contributed by atoms with Crippen LogP contribution < -0.4 is 0 Å². The molecular formula is C26H36N2. The predicted molar refractivity (Wildman–Crippen MR) is 121 cm³/mol. The molecule has 0 aromatic heterocycles. The summed E-state index contributed by atoms with van der Waals surface area (Å²) in [5, 5.41) is 18.7. The van der Waals surface area contributed by atoms with Crippen LogP contribution in [0, 0.1) is 22.7 Å². The van der Waals surface area contributed by atoms with Crippen molar-refractivity contribution in [3.63, 3.8) is 0 Å². The summed E-state index contributed by atoms with van der Waals surface area (Å²) in [7, 11) is 0. The van der Waals surface area contributed by atoms with E-state index in [0.717, 1.165) is 24.0 Å². The highest BCUT2D eigenvalue weighted by Gasteiger charge is 2.06. The Kier molecular flexibility index (Phi) is 13.3. The number of nitrogens with zero attached hydrogens (tertiary/aromatic N) is 2. The van der Waals surface area contributed by atoms with Crippen LogP contribution in [-0.4, -0.2) is 0 Å². The minimum absolute atomic E-state index is 0.460. The fraction of sp³-hybridized carbons (Fsp3) is 0.538. The van der Waals surface area contributed by atoms with Crippen molar-refractivity contribution in [3.8, 4) is 12.1 Å². The Hall–Kier alpha value is -2.32. The number of hydrogen-bond donors (Lipinski definition) is 0. The molecule has 0 unspecified atom stereocenters. The summed E-state index contributed by atoms with van der Waals surface area (Å²) >= 11 is 0. The molecular weight excluding hydrogens is 340 g/mol. The summed E-state index contributed by atoms with van der Waals surface area (Å²) in [6.07, 6.45) is 23.5. The van der Waals surface area contributed by atoms with Crippen LogP contribution in [0.1, 0.15) is 113 Å². The van der Waals surface area contributed by atoms with Crippen LogP contribution >= 0.6 is 0 Å². The molecule has 1 aromatic carbocycles. The maximum atomic E-state index is 9.33. The van der Waals surface area contributed by atoms with Gasteiger partial charge in [-0.3, -0.25) is 0 Å². The summed E-state index contributed by atoms with van der Waals surface area (Å²) in [4.78, 5) is 0. The average molecular weight is 377 g/mol. The van der Waals surface area contributed by atoms with Gasteiger partial charge in [-0.1, -0.05) is 89.5 Å². The maximum absolute atomic E-state index is 9.33. The lowest BCUT2D eigenvalue weighted by atomic mass is 9.98. The van der Waals surface area contributed by atoms with Gasteiger partial charge in [0, 0.05) is 0 Å². The van der Waals surface area contributed by atoms with E-state index in [-0.39, 0.29) is 0 Å². The van der Waals surface area contributed by atoms with Gasteiger partial charge in [-0.2, -0.15) is 10.5 Å². The van der Waals surface area contributed by atoms with E-state index in [0.29, 0.717) is 11.1 Å². The third-order valence-electron chi connectivity index (χ3n) is 5.01. The monoisotopic (exact) mass is 376 g/mol. The third-order valence-corrected chi connectivity index (χ3v) is 5.01. The molecule has 0 N–H and O–H groups in total. The van der Waals surface area contributed by atoms with E-state index in [2.05, 4.69) is 50.3 Å². The Morgan fingerprint density at radius 1 is 0.643 bits per heavy atom. The van der Waals surface area contributed by atoms with Gasteiger partial charge in [0.2, 0.25) is 0 Å². The van der Waals surface area contributed by atoms with Crippen LogP contribution in [-0.2, 0) is 0 Å². The lowest BCUT2D eigenvalue weighted by molar-refractivity contribution is 0.638. The molecule has 0 aliphatic rings. The van der Waals surface area contributed by atoms with E-state index in [1.807, 2.05) is 12.1 Å². The van der Waals surface area contributed by atoms with Crippen molar-refractivity contribution in [2.75, 3.05) is 0 Å². The van der Waals surface area contributed by atoms with Crippen molar-refractivity contribution in [3.05, 3.63) is 46.5 Å². The molecule has 2 nitrogen and oxygen atoms in total. The highest BCUT2D eigenvalue weighted by molar-refractivity contribution is 5.69.